The molecule has 24 heavy (non-hydrogen) atoms. The zero-order valence-corrected chi connectivity index (χ0v) is 15.2. The average molecular weight is 345 g/mol. The average Bonchev–Trinajstić information content (AvgIpc) is 3.19. The van der Waals surface area contributed by atoms with Crippen molar-refractivity contribution in [2.24, 2.45) is 7.05 Å². The van der Waals surface area contributed by atoms with Gasteiger partial charge in [-0.2, -0.15) is 0 Å². The van der Waals surface area contributed by atoms with Crippen LogP contribution in [0.25, 0.3) is 0 Å². The van der Waals surface area contributed by atoms with Gasteiger partial charge in [0.1, 0.15) is 0 Å². The van der Waals surface area contributed by atoms with Crippen LogP contribution in [0.2, 0.25) is 0 Å². The number of aryl methyl sites for hydroxylation is 2. The fourth-order valence-corrected chi connectivity index (χ4v) is 4.16. The Bertz CT molecular complexity index is 699. The van der Waals surface area contributed by atoms with Gasteiger partial charge in [0, 0.05) is 25.6 Å². The summed E-state index contributed by atoms with van der Waals surface area (Å²) in [4.78, 5) is 14.7. The summed E-state index contributed by atoms with van der Waals surface area (Å²) in [6.07, 6.45) is 2.00. The lowest BCUT2D eigenvalue weighted by atomic mass is 9.90. The number of amides is 1. The first-order valence-corrected chi connectivity index (χ1v) is 9.30. The summed E-state index contributed by atoms with van der Waals surface area (Å²) in [5.41, 5.74) is 2.61. The van der Waals surface area contributed by atoms with Gasteiger partial charge in [-0.1, -0.05) is 48.5 Å². The molecule has 1 aromatic carbocycles. The smallest absolute Gasteiger partial charge is 0.233 e. The number of hydrogen-bond donors (Lipinski definition) is 0. The minimum Gasteiger partial charge on any atom is -0.338 e. The Balaban J connectivity index is 1.66. The van der Waals surface area contributed by atoms with E-state index >= 15 is 0 Å². The summed E-state index contributed by atoms with van der Waals surface area (Å²) in [5.74, 6) is 0.983. The maximum atomic E-state index is 12.7. The van der Waals surface area contributed by atoms with Crippen LogP contribution in [0.3, 0.4) is 0 Å². The van der Waals surface area contributed by atoms with Crippen molar-refractivity contribution in [3.63, 3.8) is 0 Å². The summed E-state index contributed by atoms with van der Waals surface area (Å²) >= 11 is 1.40. The first-order valence-electron chi connectivity index (χ1n) is 8.31. The van der Waals surface area contributed by atoms with Crippen LogP contribution in [0.1, 0.15) is 36.8 Å². The highest BCUT2D eigenvalue weighted by Crippen LogP contribution is 2.35. The van der Waals surface area contributed by atoms with Crippen LogP contribution in [0, 0.1) is 6.92 Å². The van der Waals surface area contributed by atoms with Crippen LogP contribution in [0.15, 0.2) is 29.4 Å². The standard InChI is InChI=1S/C17H23N5OS/c1-4-15-14(13-7-5-12(2)6-8-13)9-10-22(15)16(23)11-24-17-18-19-20-21(17)3/h5-8,14-15H,4,9-11H2,1-3H3. The fraction of sp³-hybridized carbons (Fsp3) is 0.529. The molecular weight excluding hydrogens is 322 g/mol. The van der Waals surface area contributed by atoms with Gasteiger partial charge < -0.3 is 4.90 Å². The summed E-state index contributed by atoms with van der Waals surface area (Å²) in [6, 6.07) is 9.00. The highest BCUT2D eigenvalue weighted by Gasteiger charge is 2.36. The van der Waals surface area contributed by atoms with Crippen molar-refractivity contribution in [2.75, 3.05) is 12.3 Å². The third-order valence-electron chi connectivity index (χ3n) is 4.70. The molecule has 0 saturated carbocycles. The Labute approximate surface area is 146 Å². The van der Waals surface area contributed by atoms with Crippen LogP contribution >= 0.6 is 11.8 Å². The molecule has 1 aromatic heterocycles. The molecule has 2 heterocycles. The first-order chi connectivity index (χ1) is 11.6. The molecule has 0 N–H and O–H groups in total. The summed E-state index contributed by atoms with van der Waals surface area (Å²) < 4.78 is 1.59. The predicted molar refractivity (Wildman–Crippen MR) is 93.9 cm³/mol. The van der Waals surface area contributed by atoms with Crippen molar-refractivity contribution < 1.29 is 4.79 Å². The molecule has 2 aromatic rings. The first kappa shape index (κ1) is 17.0. The summed E-state index contributed by atoms with van der Waals surface area (Å²) in [7, 11) is 1.78. The second-order valence-electron chi connectivity index (χ2n) is 6.24. The van der Waals surface area contributed by atoms with E-state index in [0.29, 0.717) is 16.8 Å². The van der Waals surface area contributed by atoms with Gasteiger partial charge in [-0.05, 0) is 35.8 Å². The molecule has 0 spiro atoms. The molecule has 0 bridgehead atoms. The fourth-order valence-electron chi connectivity index (χ4n) is 3.42. The summed E-state index contributed by atoms with van der Waals surface area (Å²) in [6.45, 7) is 5.09. The van der Waals surface area contributed by atoms with Gasteiger partial charge in [0.15, 0.2) is 0 Å². The molecular formula is C17H23N5OS. The number of benzene rings is 1. The van der Waals surface area contributed by atoms with Gasteiger partial charge in [-0.15, -0.1) is 5.10 Å². The van der Waals surface area contributed by atoms with Crippen molar-refractivity contribution in [3.8, 4) is 0 Å². The minimum absolute atomic E-state index is 0.171. The van der Waals surface area contributed by atoms with E-state index in [4.69, 9.17) is 0 Å². The van der Waals surface area contributed by atoms with E-state index in [0.717, 1.165) is 19.4 Å². The highest BCUT2D eigenvalue weighted by atomic mass is 32.2. The van der Waals surface area contributed by atoms with Crippen molar-refractivity contribution >= 4 is 17.7 Å². The van der Waals surface area contributed by atoms with Gasteiger partial charge in [0.2, 0.25) is 11.1 Å². The number of nitrogens with zero attached hydrogens (tertiary/aromatic N) is 5. The third-order valence-corrected chi connectivity index (χ3v) is 5.69. The molecule has 2 unspecified atom stereocenters. The highest BCUT2D eigenvalue weighted by molar-refractivity contribution is 7.99. The monoisotopic (exact) mass is 345 g/mol. The molecule has 1 fully saturated rings. The Morgan fingerprint density at radius 1 is 1.33 bits per heavy atom. The van der Waals surface area contributed by atoms with E-state index in [2.05, 4.69) is 53.6 Å². The maximum Gasteiger partial charge on any atom is 0.233 e. The van der Waals surface area contributed by atoms with Gasteiger partial charge in [-0.3, -0.25) is 4.79 Å². The Morgan fingerprint density at radius 2 is 2.08 bits per heavy atom. The van der Waals surface area contributed by atoms with E-state index in [-0.39, 0.29) is 11.9 Å². The van der Waals surface area contributed by atoms with Crippen molar-refractivity contribution in [2.45, 2.75) is 43.8 Å². The van der Waals surface area contributed by atoms with Gasteiger partial charge in [0.25, 0.3) is 0 Å². The molecule has 2 atom stereocenters. The Kier molecular flexibility index (Phi) is 5.18. The number of carbonyl (C=O) groups excluding carboxylic acids is 1. The molecule has 6 nitrogen and oxygen atoms in total. The molecule has 128 valence electrons. The molecule has 1 aliphatic heterocycles. The molecule has 0 radical (unpaired) electrons. The van der Waals surface area contributed by atoms with Crippen LogP contribution in [-0.4, -0.2) is 49.4 Å². The lowest BCUT2D eigenvalue weighted by Crippen LogP contribution is -2.38. The lowest BCUT2D eigenvalue weighted by Gasteiger charge is -2.27. The normalized spacial score (nSPS) is 20.5. The molecule has 1 saturated heterocycles. The van der Waals surface area contributed by atoms with Gasteiger partial charge in [0.05, 0.1) is 5.75 Å². The van der Waals surface area contributed by atoms with E-state index in [1.54, 1.807) is 11.7 Å². The summed E-state index contributed by atoms with van der Waals surface area (Å²) in [5, 5.41) is 12.0. The number of carbonyl (C=O) groups is 1. The quantitative estimate of drug-likeness (QED) is 0.779. The molecule has 7 heteroatoms. The minimum atomic E-state index is 0.171. The number of hydrogen-bond acceptors (Lipinski definition) is 5. The molecule has 1 aliphatic rings. The second kappa shape index (κ2) is 7.34. The van der Waals surface area contributed by atoms with E-state index in [1.165, 1.54) is 22.9 Å². The third kappa shape index (κ3) is 3.45. The van der Waals surface area contributed by atoms with Crippen LogP contribution in [0.4, 0.5) is 0 Å². The molecule has 1 amide bonds. The lowest BCUT2D eigenvalue weighted by molar-refractivity contribution is -0.129. The number of aromatic nitrogens is 4. The van der Waals surface area contributed by atoms with E-state index < -0.39 is 0 Å². The zero-order valence-electron chi connectivity index (χ0n) is 14.3. The number of tetrazole rings is 1. The largest absolute Gasteiger partial charge is 0.338 e. The van der Waals surface area contributed by atoms with Gasteiger partial charge >= 0.3 is 0 Å². The van der Waals surface area contributed by atoms with Crippen molar-refractivity contribution in [3.05, 3.63) is 35.4 Å². The predicted octanol–water partition coefficient (Wildman–Crippen LogP) is 2.41. The Hall–Kier alpha value is -1.89. The van der Waals surface area contributed by atoms with Crippen molar-refractivity contribution in [1.82, 2.24) is 25.1 Å². The SMILES string of the molecule is CCC1C(c2ccc(C)cc2)CCN1C(=O)CSc1nnnn1C. The maximum absolute atomic E-state index is 12.7. The van der Waals surface area contributed by atoms with Crippen molar-refractivity contribution in [1.29, 1.82) is 0 Å². The van der Waals surface area contributed by atoms with Gasteiger partial charge in [-0.25, -0.2) is 4.68 Å². The van der Waals surface area contributed by atoms with Crippen LogP contribution in [-0.2, 0) is 11.8 Å². The van der Waals surface area contributed by atoms with E-state index in [9.17, 15) is 4.79 Å². The van der Waals surface area contributed by atoms with Crippen LogP contribution in [0.5, 0.6) is 0 Å². The second-order valence-corrected chi connectivity index (χ2v) is 7.18. The number of thioether (sulfide) groups is 1. The number of rotatable bonds is 5. The Morgan fingerprint density at radius 3 is 2.71 bits per heavy atom. The zero-order chi connectivity index (χ0) is 17.1. The van der Waals surface area contributed by atoms with Crippen LogP contribution < -0.4 is 0 Å². The van der Waals surface area contributed by atoms with E-state index in [1.807, 2.05) is 4.90 Å². The topological polar surface area (TPSA) is 63.9 Å². The molecule has 0 aliphatic carbocycles. The number of likely N-dealkylation sites (tertiary alicyclic amines) is 1. The molecule has 3 rings (SSSR count).